The smallest absolute Gasteiger partial charge is 0.410 e. The molecular weight excluding hydrogens is 856 g/mol. The highest BCUT2D eigenvalue weighted by Crippen LogP contribution is 2.62. The monoisotopic (exact) mass is 920 g/mol. The Bertz CT molecular complexity index is 2360. The SMILES string of the molecule is C=CCO[C@@]12Oc3ccc(Oc4ccc(C)c(C)c4)cc3[C@H]3[C@H](CCCCO)[C@@H](CCCCO)C=C(C(=NOC4CCCCO4)C[C@@H]1N(Cc1cccc4ccccc14)C(=O)OCCCl)[C@H]32. The molecule has 8 rings (SSSR count). The number of unbranched alkanes of at least 4 members (excludes halogenated alkanes) is 2. The van der Waals surface area contributed by atoms with Gasteiger partial charge in [0.1, 0.15) is 29.9 Å². The van der Waals surface area contributed by atoms with E-state index >= 15 is 0 Å². The molecule has 1 unspecified atom stereocenters. The van der Waals surface area contributed by atoms with E-state index in [2.05, 4.69) is 56.8 Å². The van der Waals surface area contributed by atoms with Crippen molar-refractivity contribution in [1.82, 2.24) is 4.90 Å². The van der Waals surface area contributed by atoms with Crippen molar-refractivity contribution in [2.45, 2.75) is 109 Å². The lowest BCUT2D eigenvalue weighted by molar-refractivity contribution is -0.256. The van der Waals surface area contributed by atoms with Gasteiger partial charge in [-0.3, -0.25) is 4.90 Å². The van der Waals surface area contributed by atoms with Crippen LogP contribution in [0.2, 0.25) is 0 Å². The molecule has 2 N–H and O–H groups in total. The number of halogens is 1. The van der Waals surface area contributed by atoms with E-state index in [0.29, 0.717) is 43.1 Å². The van der Waals surface area contributed by atoms with E-state index in [1.807, 2.05) is 48.5 Å². The molecule has 0 aromatic heterocycles. The molecule has 7 atom stereocenters. The maximum Gasteiger partial charge on any atom is 0.410 e. The molecule has 0 bridgehead atoms. The Kier molecular flexibility index (Phi) is 16.0. The number of carbonyl (C=O) groups is 1. The Morgan fingerprint density at radius 2 is 1.74 bits per heavy atom. The molecule has 2 heterocycles. The molecular formula is C54H65ClN2O9. The van der Waals surface area contributed by atoms with Gasteiger partial charge >= 0.3 is 6.09 Å². The number of amides is 1. The Hall–Kier alpha value is -4.91. The van der Waals surface area contributed by atoms with Crippen molar-refractivity contribution in [1.29, 1.82) is 0 Å². The number of hydrogen-bond acceptors (Lipinski definition) is 10. The quantitative estimate of drug-likeness (QED) is 0.0385. The van der Waals surface area contributed by atoms with Crippen molar-refractivity contribution in [3.05, 3.63) is 125 Å². The summed E-state index contributed by atoms with van der Waals surface area (Å²) >= 11 is 6.19. The molecule has 1 saturated heterocycles. The molecule has 0 radical (unpaired) electrons. The van der Waals surface area contributed by atoms with E-state index in [1.165, 1.54) is 5.56 Å². The first-order valence-corrected chi connectivity index (χ1v) is 24.4. The summed E-state index contributed by atoms with van der Waals surface area (Å²) < 4.78 is 33.4. The van der Waals surface area contributed by atoms with Crippen LogP contribution in [0.4, 0.5) is 4.79 Å². The number of nitrogens with zero attached hydrogens (tertiary/aromatic N) is 2. The van der Waals surface area contributed by atoms with Gasteiger partial charge in [0.25, 0.3) is 0 Å². The molecule has 4 aromatic rings. The molecule has 0 spiro atoms. The molecule has 4 aliphatic rings. The first-order chi connectivity index (χ1) is 32.3. The van der Waals surface area contributed by atoms with Crippen LogP contribution in [0.3, 0.4) is 0 Å². The Labute approximate surface area is 394 Å². The van der Waals surface area contributed by atoms with Crippen molar-refractivity contribution in [3.8, 4) is 17.2 Å². The molecule has 1 amide bonds. The van der Waals surface area contributed by atoms with Gasteiger partial charge in [0, 0.05) is 37.5 Å². The van der Waals surface area contributed by atoms with Crippen LogP contribution in [0.15, 0.2) is 108 Å². The van der Waals surface area contributed by atoms with Gasteiger partial charge in [-0.05, 0) is 128 Å². The maximum atomic E-state index is 14.9. The third-order valence-corrected chi connectivity index (χ3v) is 14.1. The zero-order valence-electron chi connectivity index (χ0n) is 38.4. The fourth-order valence-corrected chi connectivity index (χ4v) is 10.7. The van der Waals surface area contributed by atoms with E-state index in [4.69, 9.17) is 45.3 Å². The largest absolute Gasteiger partial charge is 0.459 e. The summed E-state index contributed by atoms with van der Waals surface area (Å²) in [6, 6.07) is 25.6. The van der Waals surface area contributed by atoms with Crippen LogP contribution in [0.25, 0.3) is 10.8 Å². The highest BCUT2D eigenvalue weighted by Gasteiger charge is 2.66. The summed E-state index contributed by atoms with van der Waals surface area (Å²) in [6.45, 7) is 9.34. The number of fused-ring (bicyclic) bond motifs is 3. The fraction of sp³-hybridized carbons (Fsp3) is 0.481. The summed E-state index contributed by atoms with van der Waals surface area (Å²) in [5.41, 5.74) is 5.83. The van der Waals surface area contributed by atoms with E-state index < -0.39 is 30.1 Å². The normalized spacial score (nSPS) is 25.0. The van der Waals surface area contributed by atoms with Gasteiger partial charge in [-0.25, -0.2) is 4.79 Å². The highest BCUT2D eigenvalue weighted by molar-refractivity contribution is 6.18. The number of aliphatic hydroxyl groups is 2. The summed E-state index contributed by atoms with van der Waals surface area (Å²) in [6.07, 6.45) is 10.4. The van der Waals surface area contributed by atoms with Gasteiger partial charge in [0.2, 0.25) is 12.1 Å². The third kappa shape index (κ3) is 10.3. The van der Waals surface area contributed by atoms with Crippen LogP contribution >= 0.6 is 11.6 Å². The number of aliphatic hydroxyl groups excluding tert-OH is 2. The number of oxime groups is 1. The molecule has 4 aromatic carbocycles. The summed E-state index contributed by atoms with van der Waals surface area (Å²) in [5.74, 6) is 0.0214. The lowest BCUT2D eigenvalue weighted by Gasteiger charge is -2.60. The Balaban J connectivity index is 1.35. The average molecular weight is 922 g/mol. The van der Waals surface area contributed by atoms with E-state index in [1.54, 1.807) is 11.0 Å². The summed E-state index contributed by atoms with van der Waals surface area (Å²) in [4.78, 5) is 23.0. The van der Waals surface area contributed by atoms with E-state index in [-0.39, 0.29) is 63.0 Å². The van der Waals surface area contributed by atoms with Crippen LogP contribution in [-0.4, -0.2) is 84.0 Å². The minimum absolute atomic E-state index is 0.00930. The zero-order valence-corrected chi connectivity index (χ0v) is 39.1. The second kappa shape index (κ2) is 22.3. The standard InChI is InChI=1S/C54H65ClN2O9/c1-4-28-63-54-49(57(53(60)62-30-25-55)35-40-17-13-16-38-14-5-6-18-43(38)40)34-47(56-66-50-20-9-12-29-61-50)45-32-39(15-7-10-26-58)44(19-8-11-27-59)51(52(45)54)46-33-42(23-24-48(46)65-54)64-41-22-21-36(2)37(3)31-41/h4-6,13-14,16-18,21-24,31-33,39,44,49-52,58-59H,1,7-12,15,19-20,25-30,34-35H2,2-3H3/t39-,44+,49-,50?,51+,52+,54+/m0/s1. The van der Waals surface area contributed by atoms with Crippen molar-refractivity contribution < 1.29 is 43.5 Å². The molecule has 66 heavy (non-hydrogen) atoms. The third-order valence-electron chi connectivity index (χ3n) is 13.9. The zero-order chi connectivity index (χ0) is 46.0. The number of rotatable bonds is 20. The highest BCUT2D eigenvalue weighted by atomic mass is 35.5. The molecule has 2 fully saturated rings. The van der Waals surface area contributed by atoms with Crippen LogP contribution in [0.5, 0.6) is 17.2 Å². The predicted molar refractivity (Wildman–Crippen MR) is 257 cm³/mol. The second-order valence-electron chi connectivity index (χ2n) is 18.1. The molecule has 352 valence electrons. The van der Waals surface area contributed by atoms with Crippen LogP contribution in [-0.2, 0) is 25.6 Å². The van der Waals surface area contributed by atoms with Crippen LogP contribution < -0.4 is 9.47 Å². The van der Waals surface area contributed by atoms with Crippen LogP contribution in [0.1, 0.15) is 92.4 Å². The van der Waals surface area contributed by atoms with Gasteiger partial charge in [-0.15, -0.1) is 18.2 Å². The molecule has 2 aliphatic carbocycles. The van der Waals surface area contributed by atoms with Gasteiger partial charge in [-0.1, -0.05) is 78.7 Å². The molecule has 1 saturated carbocycles. The molecule has 12 heteroatoms. The van der Waals surface area contributed by atoms with Crippen LogP contribution in [0, 0.1) is 31.6 Å². The number of hydrogen-bond donors (Lipinski definition) is 2. The van der Waals surface area contributed by atoms with Gasteiger partial charge in [0.05, 0.1) is 37.3 Å². The number of allylic oxidation sites excluding steroid dienone is 1. The second-order valence-corrected chi connectivity index (χ2v) is 18.5. The fourth-order valence-electron chi connectivity index (χ4n) is 10.7. The van der Waals surface area contributed by atoms with Gasteiger partial charge < -0.3 is 38.7 Å². The number of aryl methyl sites for hydroxylation is 2. The topological polar surface area (TPSA) is 129 Å². The first kappa shape index (κ1) is 47.6. The lowest BCUT2D eigenvalue weighted by atomic mass is 9.55. The van der Waals surface area contributed by atoms with Crippen molar-refractivity contribution in [3.63, 3.8) is 0 Å². The van der Waals surface area contributed by atoms with Crippen molar-refractivity contribution in [2.75, 3.05) is 38.9 Å². The number of alkyl halides is 1. The number of ether oxygens (including phenoxy) is 5. The van der Waals surface area contributed by atoms with Crippen molar-refractivity contribution in [2.24, 2.45) is 22.9 Å². The number of carbonyl (C=O) groups excluding carboxylic acids is 1. The summed E-state index contributed by atoms with van der Waals surface area (Å²) in [7, 11) is 0. The Morgan fingerprint density at radius 1 is 0.955 bits per heavy atom. The average Bonchev–Trinajstić information content (AvgIpc) is 3.34. The summed E-state index contributed by atoms with van der Waals surface area (Å²) in [5, 5.41) is 27.2. The Morgan fingerprint density at radius 3 is 2.52 bits per heavy atom. The first-order valence-electron chi connectivity index (χ1n) is 23.9. The van der Waals surface area contributed by atoms with E-state index in [9.17, 15) is 15.0 Å². The minimum Gasteiger partial charge on any atom is -0.459 e. The van der Waals surface area contributed by atoms with Gasteiger partial charge in [0.15, 0.2) is 0 Å². The number of benzene rings is 4. The molecule has 11 nitrogen and oxygen atoms in total. The predicted octanol–water partition coefficient (Wildman–Crippen LogP) is 11.3. The van der Waals surface area contributed by atoms with E-state index in [0.717, 1.165) is 77.3 Å². The van der Waals surface area contributed by atoms with Crippen molar-refractivity contribution >= 4 is 34.2 Å². The molecule has 2 aliphatic heterocycles. The lowest BCUT2D eigenvalue weighted by Crippen LogP contribution is -2.70. The minimum atomic E-state index is -1.48. The van der Waals surface area contributed by atoms with Gasteiger partial charge in [-0.2, -0.15) is 0 Å². The maximum absolute atomic E-state index is 14.9.